The fourth-order valence-electron chi connectivity index (χ4n) is 4.25. The third-order valence-electron chi connectivity index (χ3n) is 6.24. The minimum absolute atomic E-state index is 0.0612. The highest BCUT2D eigenvalue weighted by Crippen LogP contribution is 2.34. The van der Waals surface area contributed by atoms with Crippen LogP contribution in [-0.4, -0.2) is 53.1 Å². The third-order valence-corrected chi connectivity index (χ3v) is 6.24. The van der Waals surface area contributed by atoms with Crippen LogP contribution in [-0.2, 0) is 13.0 Å². The molecule has 9 heteroatoms. The van der Waals surface area contributed by atoms with Gasteiger partial charge in [-0.05, 0) is 25.1 Å². The van der Waals surface area contributed by atoms with E-state index in [1.165, 1.54) is 6.20 Å². The SMILES string of the molecule is CNC(=O)c1ccc(O[C@H]2CN(Cc3ccc4c5c(c(=O)[nH]c4c3F)CCO5)[C@@H]2C)cn1. The number of amides is 1. The van der Waals surface area contributed by atoms with Gasteiger partial charge >= 0.3 is 0 Å². The molecule has 5 rings (SSSR count). The van der Waals surface area contributed by atoms with Crippen LogP contribution in [0, 0.1) is 5.82 Å². The Morgan fingerprint density at radius 1 is 1.38 bits per heavy atom. The summed E-state index contributed by atoms with van der Waals surface area (Å²) in [6, 6.07) is 6.95. The molecule has 0 spiro atoms. The quantitative estimate of drug-likeness (QED) is 0.633. The number of fused-ring (bicyclic) bond motifs is 3. The van der Waals surface area contributed by atoms with Crippen molar-refractivity contribution in [1.82, 2.24) is 20.2 Å². The van der Waals surface area contributed by atoms with Gasteiger partial charge in [0.1, 0.15) is 23.3 Å². The lowest BCUT2D eigenvalue weighted by atomic mass is 9.99. The number of aromatic amines is 1. The zero-order chi connectivity index (χ0) is 22.4. The molecule has 0 bridgehead atoms. The number of carbonyl (C=O) groups is 1. The Labute approximate surface area is 183 Å². The maximum Gasteiger partial charge on any atom is 0.269 e. The van der Waals surface area contributed by atoms with Gasteiger partial charge in [0.2, 0.25) is 0 Å². The molecule has 32 heavy (non-hydrogen) atoms. The van der Waals surface area contributed by atoms with Crippen molar-refractivity contribution in [3.8, 4) is 11.5 Å². The van der Waals surface area contributed by atoms with E-state index in [0.29, 0.717) is 59.8 Å². The third kappa shape index (κ3) is 3.38. The number of likely N-dealkylation sites (tertiary alicyclic amines) is 1. The van der Waals surface area contributed by atoms with E-state index >= 15 is 4.39 Å². The van der Waals surface area contributed by atoms with Crippen LogP contribution in [0.25, 0.3) is 10.9 Å². The van der Waals surface area contributed by atoms with Gasteiger partial charge in [0.15, 0.2) is 5.82 Å². The smallest absolute Gasteiger partial charge is 0.269 e. The summed E-state index contributed by atoms with van der Waals surface area (Å²) in [7, 11) is 1.55. The Kier molecular flexibility index (Phi) is 5.05. The average molecular weight is 438 g/mol. The molecule has 2 aromatic heterocycles. The number of benzene rings is 1. The lowest BCUT2D eigenvalue weighted by Gasteiger charge is -2.45. The summed E-state index contributed by atoms with van der Waals surface area (Å²) in [5, 5.41) is 3.13. The van der Waals surface area contributed by atoms with Crippen LogP contribution in [0.4, 0.5) is 4.39 Å². The Morgan fingerprint density at radius 3 is 2.94 bits per heavy atom. The minimum Gasteiger partial charge on any atom is -0.492 e. The number of rotatable bonds is 5. The van der Waals surface area contributed by atoms with Crippen molar-refractivity contribution < 1.29 is 18.7 Å². The monoisotopic (exact) mass is 438 g/mol. The number of halogens is 1. The van der Waals surface area contributed by atoms with E-state index in [4.69, 9.17) is 9.47 Å². The van der Waals surface area contributed by atoms with Gasteiger partial charge in [-0.2, -0.15) is 0 Å². The van der Waals surface area contributed by atoms with E-state index in [1.807, 2.05) is 13.0 Å². The number of hydrogen-bond acceptors (Lipinski definition) is 6. The van der Waals surface area contributed by atoms with Crippen LogP contribution in [0.15, 0.2) is 35.3 Å². The fraction of sp³-hybridized carbons (Fsp3) is 0.348. The van der Waals surface area contributed by atoms with Crippen LogP contribution < -0.4 is 20.3 Å². The van der Waals surface area contributed by atoms with Gasteiger partial charge < -0.3 is 19.8 Å². The van der Waals surface area contributed by atoms with Crippen molar-refractivity contribution in [3.63, 3.8) is 0 Å². The van der Waals surface area contributed by atoms with E-state index in [0.717, 1.165) is 0 Å². The second kappa shape index (κ2) is 7.90. The molecule has 2 atom stereocenters. The highest BCUT2D eigenvalue weighted by Gasteiger charge is 2.37. The first-order valence-electron chi connectivity index (χ1n) is 10.5. The van der Waals surface area contributed by atoms with Crippen molar-refractivity contribution in [2.45, 2.75) is 32.0 Å². The molecular weight excluding hydrogens is 415 g/mol. The van der Waals surface area contributed by atoms with E-state index in [-0.39, 0.29) is 29.1 Å². The van der Waals surface area contributed by atoms with E-state index < -0.39 is 5.82 Å². The minimum atomic E-state index is -0.427. The molecule has 2 aliphatic heterocycles. The normalized spacial score (nSPS) is 19.8. The van der Waals surface area contributed by atoms with Gasteiger partial charge in [0, 0.05) is 43.5 Å². The summed E-state index contributed by atoms with van der Waals surface area (Å²) in [4.78, 5) is 32.7. The van der Waals surface area contributed by atoms with Crippen LogP contribution >= 0.6 is 0 Å². The molecule has 2 N–H and O–H groups in total. The number of pyridine rings is 2. The fourth-order valence-corrected chi connectivity index (χ4v) is 4.25. The van der Waals surface area contributed by atoms with E-state index in [9.17, 15) is 9.59 Å². The Balaban J connectivity index is 1.28. The van der Waals surface area contributed by atoms with Gasteiger partial charge in [-0.15, -0.1) is 0 Å². The first-order valence-corrected chi connectivity index (χ1v) is 10.5. The molecule has 1 aromatic carbocycles. The number of hydrogen-bond donors (Lipinski definition) is 2. The molecule has 1 saturated heterocycles. The van der Waals surface area contributed by atoms with Gasteiger partial charge in [0.05, 0.1) is 23.9 Å². The molecule has 2 aliphatic rings. The van der Waals surface area contributed by atoms with Crippen LogP contribution in [0.5, 0.6) is 11.5 Å². The maximum absolute atomic E-state index is 15.2. The molecule has 1 fully saturated rings. The maximum atomic E-state index is 15.2. The van der Waals surface area contributed by atoms with Crippen molar-refractivity contribution in [2.24, 2.45) is 0 Å². The number of aromatic nitrogens is 2. The number of H-pyrrole nitrogens is 1. The van der Waals surface area contributed by atoms with Crippen LogP contribution in [0.2, 0.25) is 0 Å². The number of nitrogens with zero attached hydrogens (tertiary/aromatic N) is 2. The second-order valence-corrected chi connectivity index (χ2v) is 8.11. The largest absolute Gasteiger partial charge is 0.492 e. The number of ether oxygens (including phenoxy) is 2. The van der Waals surface area contributed by atoms with Crippen molar-refractivity contribution in [3.05, 3.63) is 63.5 Å². The Bertz CT molecular complexity index is 1260. The highest BCUT2D eigenvalue weighted by atomic mass is 19.1. The zero-order valence-corrected chi connectivity index (χ0v) is 17.8. The molecule has 0 unspecified atom stereocenters. The van der Waals surface area contributed by atoms with Crippen molar-refractivity contribution >= 4 is 16.8 Å². The second-order valence-electron chi connectivity index (χ2n) is 8.11. The van der Waals surface area contributed by atoms with Gasteiger partial charge in [-0.1, -0.05) is 6.07 Å². The molecule has 0 aliphatic carbocycles. The van der Waals surface area contributed by atoms with Crippen LogP contribution in [0.3, 0.4) is 0 Å². The lowest BCUT2D eigenvalue weighted by Crippen LogP contribution is -2.60. The summed E-state index contributed by atoms with van der Waals surface area (Å²) in [5.41, 5.74) is 1.31. The summed E-state index contributed by atoms with van der Waals surface area (Å²) >= 11 is 0. The molecule has 1 amide bonds. The van der Waals surface area contributed by atoms with Gasteiger partial charge in [0.25, 0.3) is 11.5 Å². The highest BCUT2D eigenvalue weighted by molar-refractivity contribution is 5.92. The molecule has 166 valence electrons. The lowest BCUT2D eigenvalue weighted by molar-refractivity contribution is -0.0419. The predicted octanol–water partition coefficient (Wildman–Crippen LogP) is 2.01. The van der Waals surface area contributed by atoms with Gasteiger partial charge in [-0.3, -0.25) is 14.5 Å². The summed E-state index contributed by atoms with van der Waals surface area (Å²) in [5.74, 6) is 0.395. The molecule has 0 saturated carbocycles. The molecule has 0 radical (unpaired) electrons. The Hall–Kier alpha value is -3.46. The topological polar surface area (TPSA) is 96.6 Å². The summed E-state index contributed by atoms with van der Waals surface area (Å²) in [6.07, 6.45) is 2.00. The Morgan fingerprint density at radius 2 is 2.22 bits per heavy atom. The summed E-state index contributed by atoms with van der Waals surface area (Å²) < 4.78 is 26.8. The first-order chi connectivity index (χ1) is 15.5. The number of carbonyl (C=O) groups excluding carboxylic acids is 1. The molecule has 8 nitrogen and oxygen atoms in total. The van der Waals surface area contributed by atoms with E-state index in [2.05, 4.69) is 20.2 Å². The average Bonchev–Trinajstić information content (AvgIpc) is 3.31. The van der Waals surface area contributed by atoms with Crippen molar-refractivity contribution in [1.29, 1.82) is 0 Å². The predicted molar refractivity (Wildman–Crippen MR) is 116 cm³/mol. The standard InChI is InChI=1S/C23H23FN4O4/c1-12-18(32-14-4-6-17(26-9-14)23(30)25-2)11-28(12)10-13-3-5-15-20(19(13)24)27-22(29)16-7-8-31-21(15)16/h3-6,9,12,18H,7-8,10-11H2,1-2H3,(H,25,30)(H,27,29)/t12-,18+/m1/s1. The summed E-state index contributed by atoms with van der Waals surface area (Å²) in [6.45, 7) is 3.48. The van der Waals surface area contributed by atoms with E-state index in [1.54, 1.807) is 25.2 Å². The first kappa shape index (κ1) is 20.4. The molecular formula is C23H23FN4O4. The molecule has 3 aromatic rings. The van der Waals surface area contributed by atoms with Crippen LogP contribution in [0.1, 0.15) is 28.5 Å². The van der Waals surface area contributed by atoms with Crippen molar-refractivity contribution in [2.75, 3.05) is 20.2 Å². The van der Waals surface area contributed by atoms with Gasteiger partial charge in [-0.25, -0.2) is 9.37 Å². The molecule has 4 heterocycles. The zero-order valence-electron chi connectivity index (χ0n) is 17.8. The number of nitrogens with one attached hydrogen (secondary N) is 2.